The van der Waals surface area contributed by atoms with Crippen LogP contribution in [0.3, 0.4) is 0 Å². The Morgan fingerprint density at radius 3 is 2.58 bits per heavy atom. The van der Waals surface area contributed by atoms with Crippen LogP contribution < -0.4 is 5.43 Å². The molecule has 0 aliphatic heterocycles. The topological polar surface area (TPSA) is 24.4 Å². The highest BCUT2D eigenvalue weighted by Crippen LogP contribution is 2.20. The van der Waals surface area contributed by atoms with E-state index in [9.17, 15) is 8.78 Å². The van der Waals surface area contributed by atoms with E-state index < -0.39 is 11.6 Å². The number of hydrazone groups is 1. The molecule has 2 aromatic rings. The first-order chi connectivity index (χ1) is 9.08. The number of rotatable bonds is 3. The highest BCUT2D eigenvalue weighted by molar-refractivity contribution is 6.33. The number of hydrogen-bond donors (Lipinski definition) is 1. The molecule has 0 atom stereocenters. The van der Waals surface area contributed by atoms with Crippen molar-refractivity contribution in [2.75, 3.05) is 5.43 Å². The van der Waals surface area contributed by atoms with Crippen LogP contribution in [0.2, 0.25) is 5.02 Å². The molecule has 0 spiro atoms. The standard InChI is InChI=1S/C14H11ClF2N2/c1-9(11-7-6-10(16)8-13(11)17)18-19-14-5-3-2-4-12(14)15/h2-8,19H,1H3/b18-9-. The van der Waals surface area contributed by atoms with E-state index in [2.05, 4.69) is 10.5 Å². The van der Waals surface area contributed by atoms with E-state index in [0.717, 1.165) is 6.07 Å². The summed E-state index contributed by atoms with van der Waals surface area (Å²) in [6.45, 7) is 1.63. The predicted octanol–water partition coefficient (Wildman–Crippen LogP) is 4.45. The van der Waals surface area contributed by atoms with E-state index in [1.165, 1.54) is 12.1 Å². The van der Waals surface area contributed by atoms with Gasteiger partial charge in [-0.25, -0.2) is 8.78 Å². The van der Waals surface area contributed by atoms with Gasteiger partial charge in [-0.2, -0.15) is 5.10 Å². The molecule has 0 bridgehead atoms. The summed E-state index contributed by atoms with van der Waals surface area (Å²) < 4.78 is 26.3. The van der Waals surface area contributed by atoms with Crippen LogP contribution in [0.5, 0.6) is 0 Å². The number of nitrogens with one attached hydrogen (secondary N) is 1. The fourth-order valence-corrected chi connectivity index (χ4v) is 1.72. The summed E-state index contributed by atoms with van der Waals surface area (Å²) >= 11 is 5.95. The van der Waals surface area contributed by atoms with E-state index in [1.54, 1.807) is 31.2 Å². The van der Waals surface area contributed by atoms with Crippen LogP contribution in [0, 0.1) is 11.6 Å². The molecule has 98 valence electrons. The minimum Gasteiger partial charge on any atom is -0.277 e. The molecule has 2 rings (SSSR count). The van der Waals surface area contributed by atoms with Crippen LogP contribution in [0.25, 0.3) is 0 Å². The highest BCUT2D eigenvalue weighted by atomic mass is 35.5. The molecule has 0 radical (unpaired) electrons. The van der Waals surface area contributed by atoms with Crippen LogP contribution in [-0.4, -0.2) is 5.71 Å². The molecule has 0 saturated carbocycles. The summed E-state index contributed by atoms with van der Waals surface area (Å²) in [4.78, 5) is 0. The minimum absolute atomic E-state index is 0.237. The van der Waals surface area contributed by atoms with E-state index in [-0.39, 0.29) is 5.56 Å². The Labute approximate surface area is 114 Å². The van der Waals surface area contributed by atoms with E-state index in [0.29, 0.717) is 16.4 Å². The average Bonchev–Trinajstić information content (AvgIpc) is 2.37. The van der Waals surface area contributed by atoms with Crippen LogP contribution in [-0.2, 0) is 0 Å². The monoisotopic (exact) mass is 280 g/mol. The van der Waals surface area contributed by atoms with Gasteiger partial charge in [-0.3, -0.25) is 5.43 Å². The van der Waals surface area contributed by atoms with Gasteiger partial charge in [-0.15, -0.1) is 0 Å². The molecular weight excluding hydrogens is 270 g/mol. The smallest absolute Gasteiger partial charge is 0.135 e. The molecule has 0 aromatic heterocycles. The van der Waals surface area contributed by atoms with Crippen molar-refractivity contribution in [3.05, 3.63) is 64.7 Å². The summed E-state index contributed by atoms with van der Waals surface area (Å²) in [5.41, 5.74) is 4.00. The second-order valence-corrected chi connectivity index (χ2v) is 4.32. The molecule has 2 aromatic carbocycles. The Bertz CT molecular complexity index is 627. The van der Waals surface area contributed by atoms with Crippen molar-refractivity contribution < 1.29 is 8.78 Å². The summed E-state index contributed by atoms with van der Waals surface area (Å²) in [5.74, 6) is -1.27. The van der Waals surface area contributed by atoms with Crippen molar-refractivity contribution in [2.45, 2.75) is 6.92 Å². The lowest BCUT2D eigenvalue weighted by Gasteiger charge is -2.06. The zero-order valence-electron chi connectivity index (χ0n) is 10.1. The molecular formula is C14H11ClF2N2. The van der Waals surface area contributed by atoms with Gasteiger partial charge in [0.05, 0.1) is 16.4 Å². The molecule has 5 heteroatoms. The van der Waals surface area contributed by atoms with Gasteiger partial charge in [0.1, 0.15) is 11.6 Å². The van der Waals surface area contributed by atoms with E-state index in [4.69, 9.17) is 11.6 Å². The largest absolute Gasteiger partial charge is 0.277 e. The van der Waals surface area contributed by atoms with Gasteiger partial charge in [0.15, 0.2) is 0 Å². The second-order valence-electron chi connectivity index (χ2n) is 3.91. The average molecular weight is 281 g/mol. The van der Waals surface area contributed by atoms with Crippen LogP contribution in [0.1, 0.15) is 12.5 Å². The molecule has 0 saturated heterocycles. The molecule has 2 nitrogen and oxygen atoms in total. The quantitative estimate of drug-likeness (QED) is 0.652. The zero-order chi connectivity index (χ0) is 13.8. The first kappa shape index (κ1) is 13.5. The van der Waals surface area contributed by atoms with Gasteiger partial charge in [-0.05, 0) is 31.2 Å². The van der Waals surface area contributed by atoms with Gasteiger partial charge >= 0.3 is 0 Å². The van der Waals surface area contributed by atoms with Crippen molar-refractivity contribution in [1.82, 2.24) is 0 Å². The number of para-hydroxylation sites is 1. The van der Waals surface area contributed by atoms with Gasteiger partial charge in [0.25, 0.3) is 0 Å². The van der Waals surface area contributed by atoms with Crippen molar-refractivity contribution in [1.29, 1.82) is 0 Å². The molecule has 0 aliphatic rings. The third-order valence-corrected chi connectivity index (χ3v) is 2.87. The highest BCUT2D eigenvalue weighted by Gasteiger charge is 2.07. The molecule has 0 heterocycles. The van der Waals surface area contributed by atoms with Gasteiger partial charge in [0, 0.05) is 11.6 Å². The molecule has 0 fully saturated rings. The first-order valence-corrected chi connectivity index (χ1v) is 5.96. The van der Waals surface area contributed by atoms with Crippen molar-refractivity contribution in [3.8, 4) is 0 Å². The predicted molar refractivity (Wildman–Crippen MR) is 73.6 cm³/mol. The normalized spacial score (nSPS) is 11.5. The third kappa shape index (κ3) is 3.29. The fourth-order valence-electron chi connectivity index (χ4n) is 1.54. The van der Waals surface area contributed by atoms with E-state index >= 15 is 0 Å². The first-order valence-electron chi connectivity index (χ1n) is 5.58. The third-order valence-electron chi connectivity index (χ3n) is 2.54. The lowest BCUT2D eigenvalue weighted by molar-refractivity contribution is 0.581. The second kappa shape index (κ2) is 5.80. The Morgan fingerprint density at radius 1 is 1.16 bits per heavy atom. The van der Waals surface area contributed by atoms with Crippen LogP contribution in [0.15, 0.2) is 47.6 Å². The maximum atomic E-state index is 13.5. The van der Waals surface area contributed by atoms with Gasteiger partial charge < -0.3 is 0 Å². The van der Waals surface area contributed by atoms with Gasteiger partial charge in [0.2, 0.25) is 0 Å². The fraction of sp³-hybridized carbons (Fsp3) is 0.0714. The SMILES string of the molecule is C/C(=N/Nc1ccccc1Cl)c1ccc(F)cc1F. The van der Waals surface area contributed by atoms with Crippen molar-refractivity contribution in [2.24, 2.45) is 5.10 Å². The van der Waals surface area contributed by atoms with Gasteiger partial charge in [-0.1, -0.05) is 23.7 Å². The maximum Gasteiger partial charge on any atom is 0.135 e. The zero-order valence-corrected chi connectivity index (χ0v) is 10.9. The number of benzene rings is 2. The summed E-state index contributed by atoms with van der Waals surface area (Å²) in [6.07, 6.45) is 0. The summed E-state index contributed by atoms with van der Waals surface area (Å²) in [7, 11) is 0. The lowest BCUT2D eigenvalue weighted by Crippen LogP contribution is -2.03. The minimum atomic E-state index is -0.651. The van der Waals surface area contributed by atoms with Crippen molar-refractivity contribution in [3.63, 3.8) is 0 Å². The summed E-state index contributed by atoms with van der Waals surface area (Å²) in [5, 5.41) is 4.55. The lowest BCUT2D eigenvalue weighted by atomic mass is 10.1. The Morgan fingerprint density at radius 2 is 1.89 bits per heavy atom. The molecule has 19 heavy (non-hydrogen) atoms. The summed E-state index contributed by atoms with van der Waals surface area (Å²) in [6, 6.07) is 10.4. The van der Waals surface area contributed by atoms with E-state index in [1.807, 2.05) is 0 Å². The molecule has 0 amide bonds. The molecule has 1 N–H and O–H groups in total. The molecule has 0 aliphatic carbocycles. The van der Waals surface area contributed by atoms with Crippen molar-refractivity contribution >= 4 is 23.0 Å². The number of anilines is 1. The molecule has 0 unspecified atom stereocenters. The number of halogens is 3. The Kier molecular flexibility index (Phi) is 4.12. The number of nitrogens with zero attached hydrogens (tertiary/aromatic N) is 1. The maximum absolute atomic E-state index is 13.5. The Hall–Kier alpha value is -1.94. The van der Waals surface area contributed by atoms with Crippen LogP contribution >= 0.6 is 11.6 Å². The van der Waals surface area contributed by atoms with Crippen LogP contribution in [0.4, 0.5) is 14.5 Å². The Balaban J connectivity index is 2.22. The number of hydrogen-bond acceptors (Lipinski definition) is 2.